The third kappa shape index (κ3) is 3.16. The Labute approximate surface area is 131 Å². The zero-order valence-electron chi connectivity index (χ0n) is 10.9. The fourth-order valence-electron chi connectivity index (χ4n) is 2.42. The first kappa shape index (κ1) is 13.9. The van der Waals surface area contributed by atoms with E-state index in [-0.39, 0.29) is 0 Å². The number of nitrogens with one attached hydrogen (secondary N) is 3. The summed E-state index contributed by atoms with van der Waals surface area (Å²) in [4.78, 5) is 0. The van der Waals surface area contributed by atoms with Crippen LogP contribution in [0.2, 0.25) is 5.02 Å². The minimum Gasteiger partial charge on any atom is -0.366 e. The SMILES string of the molecule is Clc1cc(Br)ccc1-c1cc(NC2CCNCC2)n[nH]1. The molecule has 1 fully saturated rings. The fraction of sp³-hybridized carbons (Fsp3) is 0.357. The molecule has 20 heavy (non-hydrogen) atoms. The number of benzene rings is 1. The van der Waals surface area contributed by atoms with Crippen molar-refractivity contribution in [3.63, 3.8) is 0 Å². The van der Waals surface area contributed by atoms with Gasteiger partial charge < -0.3 is 10.6 Å². The molecule has 106 valence electrons. The molecule has 2 heterocycles. The summed E-state index contributed by atoms with van der Waals surface area (Å²) in [6.07, 6.45) is 2.25. The van der Waals surface area contributed by atoms with Gasteiger partial charge in [0.25, 0.3) is 0 Å². The standard InChI is InChI=1S/C14H16BrClN4/c15-9-1-2-11(12(16)7-9)13-8-14(20-19-13)18-10-3-5-17-6-4-10/h1-2,7-8,10,17H,3-6H2,(H2,18,19,20). The second-order valence-corrected chi connectivity index (χ2v) is 6.28. The Morgan fingerprint density at radius 1 is 1.25 bits per heavy atom. The molecule has 3 rings (SSSR count). The summed E-state index contributed by atoms with van der Waals surface area (Å²) in [7, 11) is 0. The lowest BCUT2D eigenvalue weighted by Crippen LogP contribution is -2.35. The molecule has 4 nitrogen and oxygen atoms in total. The van der Waals surface area contributed by atoms with Crippen LogP contribution in [0.15, 0.2) is 28.7 Å². The zero-order valence-corrected chi connectivity index (χ0v) is 13.3. The molecule has 0 aliphatic carbocycles. The average Bonchev–Trinajstić information content (AvgIpc) is 2.88. The van der Waals surface area contributed by atoms with E-state index in [0.717, 1.165) is 47.5 Å². The Bertz CT molecular complexity index is 593. The van der Waals surface area contributed by atoms with Gasteiger partial charge in [0.15, 0.2) is 0 Å². The van der Waals surface area contributed by atoms with E-state index in [4.69, 9.17) is 11.6 Å². The molecular formula is C14H16BrClN4. The van der Waals surface area contributed by atoms with Crippen LogP contribution >= 0.6 is 27.5 Å². The van der Waals surface area contributed by atoms with Crippen LogP contribution in [0, 0.1) is 0 Å². The van der Waals surface area contributed by atoms with Crippen LogP contribution in [0.5, 0.6) is 0 Å². The molecule has 1 aliphatic heterocycles. The average molecular weight is 356 g/mol. The topological polar surface area (TPSA) is 52.7 Å². The van der Waals surface area contributed by atoms with Crippen LogP contribution in [0.4, 0.5) is 5.82 Å². The van der Waals surface area contributed by atoms with Crippen molar-refractivity contribution in [2.75, 3.05) is 18.4 Å². The van der Waals surface area contributed by atoms with Gasteiger partial charge in [0.2, 0.25) is 0 Å². The summed E-state index contributed by atoms with van der Waals surface area (Å²) in [5, 5.41) is 14.9. The lowest BCUT2D eigenvalue weighted by molar-refractivity contribution is 0.478. The van der Waals surface area contributed by atoms with E-state index in [1.54, 1.807) is 0 Å². The normalized spacial score (nSPS) is 16.3. The molecule has 0 unspecified atom stereocenters. The first-order chi connectivity index (χ1) is 9.72. The third-order valence-corrected chi connectivity index (χ3v) is 4.30. The minimum absolute atomic E-state index is 0.493. The van der Waals surface area contributed by atoms with Crippen LogP contribution in [0.1, 0.15) is 12.8 Å². The predicted octanol–water partition coefficient (Wildman–Crippen LogP) is 3.66. The van der Waals surface area contributed by atoms with Crippen LogP contribution in [0.25, 0.3) is 11.3 Å². The largest absolute Gasteiger partial charge is 0.366 e. The summed E-state index contributed by atoms with van der Waals surface area (Å²) in [5.41, 5.74) is 1.89. The second-order valence-electron chi connectivity index (χ2n) is 4.96. The number of H-pyrrole nitrogens is 1. The highest BCUT2D eigenvalue weighted by Gasteiger charge is 2.14. The molecule has 1 aliphatic rings. The molecule has 6 heteroatoms. The molecule has 0 radical (unpaired) electrons. The molecule has 2 aromatic rings. The summed E-state index contributed by atoms with van der Waals surface area (Å²) < 4.78 is 0.971. The number of anilines is 1. The zero-order chi connectivity index (χ0) is 13.9. The van der Waals surface area contributed by atoms with Crippen molar-refractivity contribution in [1.29, 1.82) is 0 Å². The lowest BCUT2D eigenvalue weighted by atomic mass is 10.1. The molecule has 0 saturated carbocycles. The van der Waals surface area contributed by atoms with Crippen molar-refractivity contribution in [2.24, 2.45) is 0 Å². The molecule has 0 amide bonds. The summed E-state index contributed by atoms with van der Waals surface area (Å²) >= 11 is 9.67. The molecule has 3 N–H and O–H groups in total. The van der Waals surface area contributed by atoms with Gasteiger partial charge in [0.05, 0.1) is 10.7 Å². The summed E-state index contributed by atoms with van der Waals surface area (Å²) in [5.74, 6) is 0.880. The first-order valence-corrected chi connectivity index (χ1v) is 7.87. The summed E-state index contributed by atoms with van der Waals surface area (Å²) in [6, 6.07) is 8.35. The maximum atomic E-state index is 6.26. The van der Waals surface area contributed by atoms with E-state index >= 15 is 0 Å². The van der Waals surface area contributed by atoms with E-state index in [1.807, 2.05) is 24.3 Å². The van der Waals surface area contributed by atoms with Gasteiger partial charge >= 0.3 is 0 Å². The number of aromatic amines is 1. The van der Waals surface area contributed by atoms with Crippen molar-refractivity contribution < 1.29 is 0 Å². The van der Waals surface area contributed by atoms with Gasteiger partial charge in [0, 0.05) is 22.1 Å². The number of halogens is 2. The van der Waals surface area contributed by atoms with Crippen molar-refractivity contribution in [1.82, 2.24) is 15.5 Å². The monoisotopic (exact) mass is 354 g/mol. The number of piperidine rings is 1. The Hall–Kier alpha value is -1.04. The number of nitrogens with zero attached hydrogens (tertiary/aromatic N) is 1. The van der Waals surface area contributed by atoms with Crippen LogP contribution < -0.4 is 10.6 Å². The molecule has 1 aromatic carbocycles. The highest BCUT2D eigenvalue weighted by Crippen LogP contribution is 2.30. The van der Waals surface area contributed by atoms with Gasteiger partial charge in [-0.25, -0.2) is 0 Å². The molecule has 0 bridgehead atoms. The minimum atomic E-state index is 0.493. The van der Waals surface area contributed by atoms with Gasteiger partial charge in [-0.05, 0) is 38.1 Å². The molecule has 0 spiro atoms. The van der Waals surface area contributed by atoms with Crippen molar-refractivity contribution in [3.05, 3.63) is 33.8 Å². The predicted molar refractivity (Wildman–Crippen MR) is 86.2 cm³/mol. The van der Waals surface area contributed by atoms with E-state index in [0.29, 0.717) is 11.1 Å². The Kier molecular flexibility index (Phi) is 4.29. The molecule has 1 saturated heterocycles. The molecule has 0 atom stereocenters. The van der Waals surface area contributed by atoms with Gasteiger partial charge in [-0.2, -0.15) is 5.10 Å². The first-order valence-electron chi connectivity index (χ1n) is 6.70. The van der Waals surface area contributed by atoms with E-state index in [9.17, 15) is 0 Å². The lowest BCUT2D eigenvalue weighted by Gasteiger charge is -2.23. The number of aromatic nitrogens is 2. The molecular weight excluding hydrogens is 340 g/mol. The maximum Gasteiger partial charge on any atom is 0.148 e. The van der Waals surface area contributed by atoms with E-state index < -0.39 is 0 Å². The van der Waals surface area contributed by atoms with Crippen molar-refractivity contribution >= 4 is 33.3 Å². The van der Waals surface area contributed by atoms with Gasteiger partial charge in [-0.1, -0.05) is 33.6 Å². The second kappa shape index (κ2) is 6.16. The fourth-order valence-corrected chi connectivity index (χ4v) is 3.19. The third-order valence-electron chi connectivity index (χ3n) is 3.49. The quantitative estimate of drug-likeness (QED) is 0.787. The van der Waals surface area contributed by atoms with Crippen molar-refractivity contribution in [2.45, 2.75) is 18.9 Å². The molecule has 1 aromatic heterocycles. The highest BCUT2D eigenvalue weighted by molar-refractivity contribution is 9.10. The van der Waals surface area contributed by atoms with Crippen LogP contribution in [-0.2, 0) is 0 Å². The smallest absolute Gasteiger partial charge is 0.148 e. The van der Waals surface area contributed by atoms with Crippen LogP contribution in [0.3, 0.4) is 0 Å². The summed E-state index contributed by atoms with van der Waals surface area (Å²) in [6.45, 7) is 2.13. The Morgan fingerprint density at radius 2 is 2.05 bits per heavy atom. The number of hydrogen-bond donors (Lipinski definition) is 3. The number of hydrogen-bond acceptors (Lipinski definition) is 3. The Balaban J connectivity index is 1.75. The van der Waals surface area contributed by atoms with E-state index in [2.05, 4.69) is 36.8 Å². The van der Waals surface area contributed by atoms with Crippen LogP contribution in [-0.4, -0.2) is 29.3 Å². The van der Waals surface area contributed by atoms with Gasteiger partial charge in [-0.15, -0.1) is 0 Å². The number of rotatable bonds is 3. The highest BCUT2D eigenvalue weighted by atomic mass is 79.9. The van der Waals surface area contributed by atoms with Gasteiger partial charge in [-0.3, -0.25) is 5.10 Å². The van der Waals surface area contributed by atoms with E-state index in [1.165, 1.54) is 0 Å². The maximum absolute atomic E-state index is 6.26. The van der Waals surface area contributed by atoms with Crippen molar-refractivity contribution in [3.8, 4) is 11.3 Å². The Morgan fingerprint density at radius 3 is 2.80 bits per heavy atom. The van der Waals surface area contributed by atoms with Gasteiger partial charge in [0.1, 0.15) is 5.82 Å².